The Labute approximate surface area is 121 Å². The van der Waals surface area contributed by atoms with E-state index >= 15 is 0 Å². The van der Waals surface area contributed by atoms with Gasteiger partial charge in [0.2, 0.25) is 5.91 Å². The van der Waals surface area contributed by atoms with Crippen LogP contribution in [0.1, 0.15) is 44.7 Å². The van der Waals surface area contributed by atoms with Crippen molar-refractivity contribution in [3.05, 3.63) is 29.8 Å². The second-order valence-electron chi connectivity index (χ2n) is 4.68. The molecule has 0 aliphatic rings. The van der Waals surface area contributed by atoms with E-state index in [1.807, 2.05) is 18.2 Å². The van der Waals surface area contributed by atoms with Gasteiger partial charge in [0.15, 0.2) is 0 Å². The molecular formula is C16H26N2O2. The van der Waals surface area contributed by atoms with Crippen molar-refractivity contribution in [1.29, 1.82) is 0 Å². The molecule has 1 rings (SSSR count). The van der Waals surface area contributed by atoms with E-state index in [2.05, 4.69) is 30.5 Å². The molecule has 1 amide bonds. The van der Waals surface area contributed by atoms with E-state index in [1.165, 1.54) is 5.56 Å². The average molecular weight is 278 g/mol. The number of para-hydroxylation sites is 1. The molecule has 0 bridgehead atoms. The molecule has 0 radical (unpaired) electrons. The first-order valence-corrected chi connectivity index (χ1v) is 7.38. The fraction of sp³-hybridized carbons (Fsp3) is 0.562. The normalized spacial score (nSPS) is 11.9. The van der Waals surface area contributed by atoms with Crippen LogP contribution in [0.15, 0.2) is 24.3 Å². The lowest BCUT2D eigenvalue weighted by molar-refractivity contribution is -0.120. The molecule has 0 saturated heterocycles. The van der Waals surface area contributed by atoms with Gasteiger partial charge < -0.3 is 15.4 Å². The zero-order valence-corrected chi connectivity index (χ0v) is 12.7. The molecule has 1 unspecified atom stereocenters. The molecule has 1 atom stereocenters. The molecule has 2 N–H and O–H groups in total. The summed E-state index contributed by atoms with van der Waals surface area (Å²) in [6.45, 7) is 5.77. The first kappa shape index (κ1) is 16.5. The summed E-state index contributed by atoms with van der Waals surface area (Å²) in [5, 5.41) is 6.08. The number of carbonyl (C=O) groups is 1. The molecule has 0 heterocycles. The maximum absolute atomic E-state index is 11.2. The van der Waals surface area contributed by atoms with Gasteiger partial charge in [-0.15, -0.1) is 0 Å². The van der Waals surface area contributed by atoms with Crippen LogP contribution in [0.25, 0.3) is 0 Å². The lowest BCUT2D eigenvalue weighted by Gasteiger charge is -2.20. The fourth-order valence-corrected chi connectivity index (χ4v) is 2.16. The topological polar surface area (TPSA) is 50.4 Å². The third-order valence-corrected chi connectivity index (χ3v) is 3.24. The van der Waals surface area contributed by atoms with Gasteiger partial charge in [-0.05, 0) is 25.5 Å². The predicted molar refractivity (Wildman–Crippen MR) is 81.9 cm³/mol. The van der Waals surface area contributed by atoms with Gasteiger partial charge in [-0.2, -0.15) is 0 Å². The highest BCUT2D eigenvalue weighted by molar-refractivity contribution is 5.75. The minimum atomic E-state index is 0.0565. The van der Waals surface area contributed by atoms with E-state index in [9.17, 15) is 4.79 Å². The van der Waals surface area contributed by atoms with Gasteiger partial charge in [-0.3, -0.25) is 4.79 Å². The van der Waals surface area contributed by atoms with Crippen LogP contribution < -0.4 is 15.4 Å². The molecule has 0 aromatic heterocycles. The molecule has 0 aliphatic carbocycles. The molecular weight excluding hydrogens is 252 g/mol. The highest BCUT2D eigenvalue weighted by Gasteiger charge is 2.12. The van der Waals surface area contributed by atoms with Crippen LogP contribution in [0.2, 0.25) is 0 Å². The Morgan fingerprint density at radius 1 is 1.30 bits per heavy atom. The van der Waals surface area contributed by atoms with Crippen molar-refractivity contribution < 1.29 is 9.53 Å². The van der Waals surface area contributed by atoms with E-state index in [0.29, 0.717) is 19.1 Å². The van der Waals surface area contributed by atoms with Crippen LogP contribution in [0.4, 0.5) is 0 Å². The minimum Gasteiger partial charge on any atom is -0.493 e. The van der Waals surface area contributed by atoms with Crippen molar-refractivity contribution in [2.24, 2.45) is 0 Å². The summed E-state index contributed by atoms with van der Waals surface area (Å²) in [7, 11) is 1.65. The summed E-state index contributed by atoms with van der Waals surface area (Å²) in [6, 6.07) is 8.43. The number of rotatable bonds is 9. The molecule has 0 fully saturated rings. The summed E-state index contributed by atoms with van der Waals surface area (Å²) in [6.07, 6.45) is 2.25. The van der Waals surface area contributed by atoms with E-state index in [-0.39, 0.29) is 5.91 Å². The fourth-order valence-electron chi connectivity index (χ4n) is 2.16. The van der Waals surface area contributed by atoms with Gasteiger partial charge in [-0.25, -0.2) is 0 Å². The summed E-state index contributed by atoms with van der Waals surface area (Å²) in [5.74, 6) is 0.971. The van der Waals surface area contributed by atoms with Crippen LogP contribution in [0, 0.1) is 0 Å². The van der Waals surface area contributed by atoms with E-state index in [0.717, 1.165) is 25.1 Å². The van der Waals surface area contributed by atoms with Crippen molar-refractivity contribution in [2.45, 2.75) is 39.2 Å². The Morgan fingerprint density at radius 2 is 2.05 bits per heavy atom. The zero-order valence-electron chi connectivity index (χ0n) is 12.7. The standard InChI is InChI=1S/C16H26N2O2/c1-4-14(18-5-2)13-9-6-7-10-15(13)20-12-8-11-16(19)17-3/h6-7,9-10,14,18H,4-5,8,11-12H2,1-3H3,(H,17,19). The number of amides is 1. The Morgan fingerprint density at radius 3 is 2.70 bits per heavy atom. The van der Waals surface area contributed by atoms with Gasteiger partial charge in [0.05, 0.1) is 6.61 Å². The number of hydrogen-bond acceptors (Lipinski definition) is 3. The lowest BCUT2D eigenvalue weighted by Crippen LogP contribution is -2.21. The van der Waals surface area contributed by atoms with Gasteiger partial charge in [0, 0.05) is 25.1 Å². The Balaban J connectivity index is 2.58. The molecule has 0 saturated carbocycles. The van der Waals surface area contributed by atoms with Gasteiger partial charge in [0.1, 0.15) is 5.75 Å². The second kappa shape index (κ2) is 9.37. The Hall–Kier alpha value is -1.55. The number of carbonyl (C=O) groups excluding carboxylic acids is 1. The van der Waals surface area contributed by atoms with Crippen LogP contribution >= 0.6 is 0 Å². The van der Waals surface area contributed by atoms with Crippen LogP contribution in [-0.2, 0) is 4.79 Å². The van der Waals surface area contributed by atoms with Crippen LogP contribution in [0.3, 0.4) is 0 Å². The quantitative estimate of drug-likeness (QED) is 0.683. The lowest BCUT2D eigenvalue weighted by atomic mass is 10.0. The van der Waals surface area contributed by atoms with Crippen molar-refractivity contribution >= 4 is 5.91 Å². The summed E-state index contributed by atoms with van der Waals surface area (Å²) in [5.41, 5.74) is 1.19. The van der Waals surface area contributed by atoms with Crippen molar-refractivity contribution in [3.8, 4) is 5.75 Å². The van der Waals surface area contributed by atoms with Crippen molar-refractivity contribution in [3.63, 3.8) is 0 Å². The molecule has 4 heteroatoms. The first-order valence-electron chi connectivity index (χ1n) is 7.38. The maximum Gasteiger partial charge on any atom is 0.219 e. The highest BCUT2D eigenvalue weighted by Crippen LogP contribution is 2.27. The number of nitrogens with one attached hydrogen (secondary N) is 2. The Kier molecular flexibility index (Phi) is 7.73. The van der Waals surface area contributed by atoms with Crippen LogP contribution in [-0.4, -0.2) is 26.1 Å². The third kappa shape index (κ3) is 5.21. The first-order chi connectivity index (χ1) is 9.72. The van der Waals surface area contributed by atoms with Gasteiger partial charge >= 0.3 is 0 Å². The second-order valence-corrected chi connectivity index (χ2v) is 4.68. The van der Waals surface area contributed by atoms with Crippen molar-refractivity contribution in [2.75, 3.05) is 20.2 Å². The molecule has 0 aliphatic heterocycles. The smallest absolute Gasteiger partial charge is 0.219 e. The van der Waals surface area contributed by atoms with Gasteiger partial charge in [-0.1, -0.05) is 32.0 Å². The number of ether oxygens (including phenoxy) is 1. The third-order valence-electron chi connectivity index (χ3n) is 3.24. The van der Waals surface area contributed by atoms with E-state index in [1.54, 1.807) is 7.05 Å². The minimum absolute atomic E-state index is 0.0565. The SMILES string of the molecule is CCNC(CC)c1ccccc1OCCCC(=O)NC. The Bertz CT molecular complexity index is 407. The van der Waals surface area contributed by atoms with Crippen molar-refractivity contribution in [1.82, 2.24) is 10.6 Å². The largest absolute Gasteiger partial charge is 0.493 e. The van der Waals surface area contributed by atoms with E-state index < -0.39 is 0 Å². The maximum atomic E-state index is 11.2. The predicted octanol–water partition coefficient (Wildman–Crippen LogP) is 2.65. The summed E-state index contributed by atoms with van der Waals surface area (Å²) in [4.78, 5) is 11.2. The monoisotopic (exact) mass is 278 g/mol. The molecule has 1 aromatic carbocycles. The van der Waals surface area contributed by atoms with Crippen LogP contribution in [0.5, 0.6) is 5.75 Å². The van der Waals surface area contributed by atoms with Gasteiger partial charge in [0.25, 0.3) is 0 Å². The summed E-state index contributed by atoms with van der Waals surface area (Å²) < 4.78 is 5.84. The highest BCUT2D eigenvalue weighted by atomic mass is 16.5. The number of benzene rings is 1. The average Bonchev–Trinajstić information content (AvgIpc) is 2.49. The molecule has 112 valence electrons. The zero-order chi connectivity index (χ0) is 14.8. The molecule has 0 spiro atoms. The molecule has 20 heavy (non-hydrogen) atoms. The number of hydrogen-bond donors (Lipinski definition) is 2. The van der Waals surface area contributed by atoms with E-state index in [4.69, 9.17) is 4.74 Å². The summed E-state index contributed by atoms with van der Waals surface area (Å²) >= 11 is 0. The molecule has 4 nitrogen and oxygen atoms in total. The molecule has 1 aromatic rings.